The van der Waals surface area contributed by atoms with E-state index in [1.54, 1.807) is 0 Å². The van der Waals surface area contributed by atoms with E-state index in [1.807, 2.05) is 20.8 Å². The minimum Gasteiger partial charge on any atom is -0.463 e. The number of carbonyl (C=O) groups excluding carboxylic acids is 2. The van der Waals surface area contributed by atoms with E-state index in [1.165, 1.54) is 0 Å². The van der Waals surface area contributed by atoms with Crippen molar-refractivity contribution in [3.8, 4) is 0 Å². The smallest absolute Gasteiger partial charge is 0.308 e. The van der Waals surface area contributed by atoms with Crippen molar-refractivity contribution in [2.75, 3.05) is 66.1 Å². The Morgan fingerprint density at radius 1 is 0.679 bits per heavy atom. The Kier molecular flexibility index (Phi) is 19.6. The Labute approximate surface area is 169 Å². The van der Waals surface area contributed by atoms with E-state index < -0.39 is 0 Å². The fraction of sp³-hybridized carbons (Fsp3) is 0.900. The quantitative estimate of drug-likeness (QED) is 0.225. The van der Waals surface area contributed by atoms with Crippen molar-refractivity contribution >= 4 is 11.9 Å². The molecular formula is C20H38O8. The highest BCUT2D eigenvalue weighted by Gasteiger charge is 2.14. The molecule has 0 bridgehead atoms. The average Bonchev–Trinajstić information content (AvgIpc) is 2.69. The predicted octanol–water partition coefficient (Wildman–Crippen LogP) is 2.38. The maximum Gasteiger partial charge on any atom is 0.308 e. The van der Waals surface area contributed by atoms with Crippen LogP contribution < -0.4 is 0 Å². The van der Waals surface area contributed by atoms with Crippen LogP contribution in [0.15, 0.2) is 0 Å². The predicted molar refractivity (Wildman–Crippen MR) is 104 cm³/mol. The highest BCUT2D eigenvalue weighted by atomic mass is 16.6. The van der Waals surface area contributed by atoms with Gasteiger partial charge in [0, 0.05) is 19.6 Å². The third-order valence-electron chi connectivity index (χ3n) is 3.79. The van der Waals surface area contributed by atoms with E-state index in [0.29, 0.717) is 72.1 Å². The highest BCUT2D eigenvalue weighted by molar-refractivity contribution is 5.72. The van der Waals surface area contributed by atoms with Crippen molar-refractivity contribution in [2.45, 2.75) is 46.5 Å². The first-order chi connectivity index (χ1) is 13.6. The van der Waals surface area contributed by atoms with Gasteiger partial charge in [-0.1, -0.05) is 13.3 Å². The second kappa shape index (κ2) is 20.5. The lowest BCUT2D eigenvalue weighted by Gasteiger charge is -2.11. The largest absolute Gasteiger partial charge is 0.463 e. The first kappa shape index (κ1) is 26.8. The normalized spacial score (nSPS) is 12.0. The van der Waals surface area contributed by atoms with Crippen LogP contribution in [0.3, 0.4) is 0 Å². The lowest BCUT2D eigenvalue weighted by molar-refractivity contribution is -0.149. The van der Waals surface area contributed by atoms with Gasteiger partial charge in [-0.3, -0.25) is 9.59 Å². The van der Waals surface area contributed by atoms with Crippen molar-refractivity contribution < 1.29 is 38.0 Å². The number of hydrogen-bond donors (Lipinski definition) is 0. The van der Waals surface area contributed by atoms with Gasteiger partial charge in [0.05, 0.1) is 45.6 Å². The van der Waals surface area contributed by atoms with E-state index in [9.17, 15) is 9.59 Å². The molecule has 0 amide bonds. The Balaban J connectivity index is 3.47. The Morgan fingerprint density at radius 3 is 1.75 bits per heavy atom. The fourth-order valence-corrected chi connectivity index (χ4v) is 2.20. The molecule has 8 heteroatoms. The monoisotopic (exact) mass is 406 g/mol. The molecule has 0 aromatic heterocycles. The number of rotatable bonds is 20. The van der Waals surface area contributed by atoms with Crippen molar-refractivity contribution in [1.29, 1.82) is 0 Å². The third-order valence-corrected chi connectivity index (χ3v) is 3.79. The van der Waals surface area contributed by atoms with Crippen molar-refractivity contribution in [3.05, 3.63) is 0 Å². The van der Waals surface area contributed by atoms with Gasteiger partial charge in [-0.15, -0.1) is 0 Å². The molecule has 0 heterocycles. The SMILES string of the molecule is CCOCCOCCOC(=O)CCCCC(C)C(=O)OCCOCCOCC. The summed E-state index contributed by atoms with van der Waals surface area (Å²) >= 11 is 0. The number of esters is 2. The van der Waals surface area contributed by atoms with E-state index in [-0.39, 0.29) is 31.1 Å². The first-order valence-electron chi connectivity index (χ1n) is 10.2. The van der Waals surface area contributed by atoms with Crippen LogP contribution in [0.4, 0.5) is 0 Å². The van der Waals surface area contributed by atoms with E-state index in [0.717, 1.165) is 6.42 Å². The molecule has 1 atom stereocenters. The van der Waals surface area contributed by atoms with Gasteiger partial charge in [-0.25, -0.2) is 0 Å². The molecule has 0 spiro atoms. The fourth-order valence-electron chi connectivity index (χ4n) is 2.20. The van der Waals surface area contributed by atoms with Gasteiger partial charge >= 0.3 is 11.9 Å². The topological polar surface area (TPSA) is 89.5 Å². The second-order valence-electron chi connectivity index (χ2n) is 6.15. The zero-order valence-electron chi connectivity index (χ0n) is 17.7. The van der Waals surface area contributed by atoms with Gasteiger partial charge in [0.1, 0.15) is 13.2 Å². The molecule has 0 radical (unpaired) electrons. The first-order valence-corrected chi connectivity index (χ1v) is 10.2. The van der Waals surface area contributed by atoms with Crippen LogP contribution in [0.5, 0.6) is 0 Å². The Bertz CT molecular complexity index is 375. The van der Waals surface area contributed by atoms with E-state index in [4.69, 9.17) is 28.4 Å². The number of carbonyl (C=O) groups is 2. The van der Waals surface area contributed by atoms with Gasteiger partial charge in [-0.2, -0.15) is 0 Å². The van der Waals surface area contributed by atoms with Gasteiger partial charge in [0.2, 0.25) is 0 Å². The number of hydrogen-bond acceptors (Lipinski definition) is 8. The zero-order chi connectivity index (χ0) is 20.9. The van der Waals surface area contributed by atoms with Crippen LogP contribution in [-0.2, 0) is 38.0 Å². The molecule has 0 saturated carbocycles. The average molecular weight is 407 g/mol. The Morgan fingerprint density at radius 2 is 1.18 bits per heavy atom. The summed E-state index contributed by atoms with van der Waals surface area (Å²) in [4.78, 5) is 23.5. The van der Waals surface area contributed by atoms with Crippen LogP contribution in [0.1, 0.15) is 46.5 Å². The maximum absolute atomic E-state index is 11.9. The van der Waals surface area contributed by atoms with Crippen LogP contribution >= 0.6 is 0 Å². The highest BCUT2D eigenvalue weighted by Crippen LogP contribution is 2.11. The molecule has 0 saturated heterocycles. The zero-order valence-corrected chi connectivity index (χ0v) is 17.7. The molecule has 1 unspecified atom stereocenters. The summed E-state index contributed by atoms with van der Waals surface area (Å²) in [5.74, 6) is -0.675. The maximum atomic E-state index is 11.9. The van der Waals surface area contributed by atoms with E-state index in [2.05, 4.69) is 0 Å². The summed E-state index contributed by atoms with van der Waals surface area (Å²) in [6, 6.07) is 0. The Hall–Kier alpha value is -1.22. The summed E-state index contributed by atoms with van der Waals surface area (Å²) in [5, 5.41) is 0. The van der Waals surface area contributed by atoms with Crippen molar-refractivity contribution in [3.63, 3.8) is 0 Å². The lowest BCUT2D eigenvalue weighted by atomic mass is 10.0. The van der Waals surface area contributed by atoms with Gasteiger partial charge < -0.3 is 28.4 Å². The summed E-state index contributed by atoms with van der Waals surface area (Å²) in [6.45, 7) is 10.3. The molecule has 0 rings (SSSR count). The molecule has 0 fully saturated rings. The van der Waals surface area contributed by atoms with Crippen LogP contribution in [-0.4, -0.2) is 78.0 Å². The minimum atomic E-state index is -0.243. The van der Waals surface area contributed by atoms with Gasteiger partial charge in [0.25, 0.3) is 0 Å². The molecule has 0 aromatic rings. The van der Waals surface area contributed by atoms with Gasteiger partial charge in [0.15, 0.2) is 0 Å². The number of unbranched alkanes of at least 4 members (excludes halogenated alkanes) is 1. The third kappa shape index (κ3) is 18.2. The van der Waals surface area contributed by atoms with Crippen LogP contribution in [0.25, 0.3) is 0 Å². The summed E-state index contributed by atoms with van der Waals surface area (Å²) in [6.07, 6.45) is 2.47. The molecule has 166 valence electrons. The molecule has 0 N–H and O–H groups in total. The van der Waals surface area contributed by atoms with Crippen LogP contribution in [0, 0.1) is 5.92 Å². The molecule has 0 aromatic carbocycles. The molecular weight excluding hydrogens is 368 g/mol. The molecule has 8 nitrogen and oxygen atoms in total. The molecule has 0 aliphatic heterocycles. The lowest BCUT2D eigenvalue weighted by Crippen LogP contribution is -2.18. The minimum absolute atomic E-state index is 0.196. The van der Waals surface area contributed by atoms with Gasteiger partial charge in [-0.05, 0) is 26.7 Å². The summed E-state index contributed by atoms with van der Waals surface area (Å²) < 4.78 is 31.1. The molecule has 28 heavy (non-hydrogen) atoms. The van der Waals surface area contributed by atoms with Crippen LogP contribution in [0.2, 0.25) is 0 Å². The summed E-state index contributed by atoms with van der Waals surface area (Å²) in [7, 11) is 0. The van der Waals surface area contributed by atoms with E-state index >= 15 is 0 Å². The summed E-state index contributed by atoms with van der Waals surface area (Å²) in [5.41, 5.74) is 0. The van der Waals surface area contributed by atoms with Crippen molar-refractivity contribution in [1.82, 2.24) is 0 Å². The number of ether oxygens (including phenoxy) is 6. The molecule has 0 aliphatic carbocycles. The molecule has 0 aliphatic rings. The standard InChI is InChI=1S/C20H38O8/c1-4-23-10-12-25-14-16-27-19(21)9-7-6-8-18(3)20(22)28-17-15-26-13-11-24-5-2/h18H,4-17H2,1-3H3. The second-order valence-corrected chi connectivity index (χ2v) is 6.15. The van der Waals surface area contributed by atoms with Crippen molar-refractivity contribution in [2.24, 2.45) is 5.92 Å².